The van der Waals surface area contributed by atoms with Crippen molar-refractivity contribution in [3.05, 3.63) is 63.8 Å². The van der Waals surface area contributed by atoms with Gasteiger partial charge in [0.1, 0.15) is 0 Å². The third-order valence-electron chi connectivity index (χ3n) is 3.38. The summed E-state index contributed by atoms with van der Waals surface area (Å²) in [4.78, 5) is 14.7. The zero-order valence-electron chi connectivity index (χ0n) is 11.7. The van der Waals surface area contributed by atoms with Crippen LogP contribution >= 0.6 is 11.3 Å². The van der Waals surface area contributed by atoms with Gasteiger partial charge in [-0.3, -0.25) is 4.79 Å². The molecule has 3 nitrogen and oxygen atoms in total. The molecule has 1 heterocycles. The fraction of sp³-hybridized carbons (Fsp3) is 0.118. The van der Waals surface area contributed by atoms with Crippen LogP contribution < -0.4 is 11.1 Å². The number of thiophene rings is 1. The topological polar surface area (TPSA) is 55.1 Å². The lowest BCUT2D eigenvalue weighted by molar-refractivity contribution is 0.0952. The van der Waals surface area contributed by atoms with Crippen molar-refractivity contribution >= 4 is 33.7 Å². The van der Waals surface area contributed by atoms with Gasteiger partial charge in [0.2, 0.25) is 0 Å². The number of amides is 1. The Morgan fingerprint density at radius 3 is 2.52 bits per heavy atom. The van der Waals surface area contributed by atoms with E-state index in [9.17, 15) is 4.79 Å². The number of hydrogen-bond acceptors (Lipinski definition) is 3. The van der Waals surface area contributed by atoms with Gasteiger partial charge in [0.05, 0.1) is 12.1 Å². The van der Waals surface area contributed by atoms with Crippen LogP contribution in [0.3, 0.4) is 0 Å². The van der Waals surface area contributed by atoms with E-state index in [0.717, 1.165) is 15.6 Å². The number of rotatable bonds is 3. The van der Waals surface area contributed by atoms with Crippen LogP contribution in [0.1, 0.15) is 20.1 Å². The van der Waals surface area contributed by atoms with Crippen LogP contribution in [0.2, 0.25) is 0 Å². The average molecular weight is 296 g/mol. The molecule has 3 N–H and O–H groups in total. The van der Waals surface area contributed by atoms with Gasteiger partial charge in [0.25, 0.3) is 5.91 Å². The molecule has 1 aromatic heterocycles. The van der Waals surface area contributed by atoms with Crippen molar-refractivity contribution in [1.82, 2.24) is 5.32 Å². The van der Waals surface area contributed by atoms with Gasteiger partial charge in [-0.2, -0.15) is 0 Å². The van der Waals surface area contributed by atoms with Crippen LogP contribution in [0, 0.1) is 6.92 Å². The van der Waals surface area contributed by atoms with Gasteiger partial charge >= 0.3 is 0 Å². The van der Waals surface area contributed by atoms with E-state index in [0.29, 0.717) is 17.8 Å². The van der Waals surface area contributed by atoms with Crippen molar-refractivity contribution in [2.75, 3.05) is 5.73 Å². The molecular formula is C17H16N2OS. The quantitative estimate of drug-likeness (QED) is 0.724. The maximum absolute atomic E-state index is 12.3. The van der Waals surface area contributed by atoms with Crippen LogP contribution in [0.4, 0.5) is 5.69 Å². The number of carbonyl (C=O) groups is 1. The summed E-state index contributed by atoms with van der Waals surface area (Å²) < 4.78 is 0. The van der Waals surface area contributed by atoms with E-state index in [-0.39, 0.29) is 5.91 Å². The first-order valence-corrected chi connectivity index (χ1v) is 7.57. The molecule has 0 saturated heterocycles. The molecule has 4 heteroatoms. The lowest BCUT2D eigenvalue weighted by Crippen LogP contribution is -2.23. The molecule has 0 aliphatic rings. The Balaban J connectivity index is 1.82. The molecule has 2 aromatic carbocycles. The first-order valence-electron chi connectivity index (χ1n) is 6.75. The minimum atomic E-state index is -0.135. The van der Waals surface area contributed by atoms with Crippen LogP contribution in [0.25, 0.3) is 10.8 Å². The number of nitrogens with two attached hydrogens (primary N) is 1. The lowest BCUT2D eigenvalue weighted by atomic mass is 10.0. The smallest absolute Gasteiger partial charge is 0.253 e. The van der Waals surface area contributed by atoms with Crippen molar-refractivity contribution in [2.45, 2.75) is 13.5 Å². The molecule has 0 bridgehead atoms. The molecule has 0 unspecified atom stereocenters. The number of anilines is 1. The summed E-state index contributed by atoms with van der Waals surface area (Å²) in [6.45, 7) is 2.58. The van der Waals surface area contributed by atoms with Gasteiger partial charge in [-0.1, -0.05) is 24.3 Å². The maximum atomic E-state index is 12.3. The Labute approximate surface area is 127 Å². The van der Waals surface area contributed by atoms with Crippen LogP contribution in [-0.2, 0) is 6.54 Å². The normalized spacial score (nSPS) is 10.7. The zero-order valence-corrected chi connectivity index (χ0v) is 12.5. The van der Waals surface area contributed by atoms with Crippen molar-refractivity contribution in [2.24, 2.45) is 0 Å². The molecule has 21 heavy (non-hydrogen) atoms. The van der Waals surface area contributed by atoms with Gasteiger partial charge < -0.3 is 11.1 Å². The Hall–Kier alpha value is -2.33. The first kappa shape index (κ1) is 13.6. The largest absolute Gasteiger partial charge is 0.398 e. The SMILES string of the molecule is Cc1ccc(CNC(=O)c2cc3ccccc3cc2N)s1. The number of fused-ring (bicyclic) bond motifs is 1. The summed E-state index contributed by atoms with van der Waals surface area (Å²) in [5, 5.41) is 4.99. The second-order valence-corrected chi connectivity index (χ2v) is 6.35. The summed E-state index contributed by atoms with van der Waals surface area (Å²) in [5.41, 5.74) is 7.04. The fourth-order valence-corrected chi connectivity index (χ4v) is 3.13. The van der Waals surface area contributed by atoms with Crippen molar-refractivity contribution in [3.63, 3.8) is 0 Å². The summed E-state index contributed by atoms with van der Waals surface area (Å²) >= 11 is 1.69. The summed E-state index contributed by atoms with van der Waals surface area (Å²) in [5.74, 6) is -0.135. The second kappa shape index (κ2) is 5.58. The maximum Gasteiger partial charge on any atom is 0.253 e. The standard InChI is InChI=1S/C17H16N2OS/c1-11-6-7-14(21-11)10-19-17(20)15-8-12-4-2-3-5-13(12)9-16(15)18/h2-9H,10,18H2,1H3,(H,19,20). The van der Waals surface area contributed by atoms with Gasteiger partial charge in [-0.15, -0.1) is 11.3 Å². The second-order valence-electron chi connectivity index (χ2n) is 4.98. The number of benzene rings is 2. The van der Waals surface area contributed by atoms with Crippen LogP contribution in [0.15, 0.2) is 48.5 Å². The number of aryl methyl sites for hydroxylation is 1. The molecule has 0 aliphatic carbocycles. The molecule has 0 atom stereocenters. The Morgan fingerprint density at radius 1 is 1.14 bits per heavy atom. The van der Waals surface area contributed by atoms with Crippen molar-refractivity contribution < 1.29 is 4.79 Å². The molecule has 0 fully saturated rings. The molecule has 0 aliphatic heterocycles. The molecule has 3 rings (SSSR count). The summed E-state index contributed by atoms with van der Waals surface area (Å²) in [6, 6.07) is 15.7. The highest BCUT2D eigenvalue weighted by atomic mass is 32.1. The Kier molecular flexibility index (Phi) is 3.62. The van der Waals surface area contributed by atoms with E-state index in [4.69, 9.17) is 5.73 Å². The fourth-order valence-electron chi connectivity index (χ4n) is 2.30. The molecule has 3 aromatic rings. The van der Waals surface area contributed by atoms with E-state index in [2.05, 4.69) is 18.3 Å². The predicted octanol–water partition coefficient (Wildman–Crippen LogP) is 3.72. The minimum absolute atomic E-state index is 0.135. The first-order chi connectivity index (χ1) is 10.1. The number of nitrogens with one attached hydrogen (secondary N) is 1. The average Bonchev–Trinajstić information content (AvgIpc) is 2.89. The Bertz CT molecular complexity index is 807. The highest BCUT2D eigenvalue weighted by Gasteiger charge is 2.11. The zero-order chi connectivity index (χ0) is 14.8. The van der Waals surface area contributed by atoms with E-state index in [1.54, 1.807) is 11.3 Å². The molecule has 1 amide bonds. The number of carbonyl (C=O) groups excluding carboxylic acids is 1. The van der Waals surface area contributed by atoms with Gasteiger partial charge in [-0.25, -0.2) is 0 Å². The third kappa shape index (κ3) is 2.90. The molecule has 0 radical (unpaired) electrons. The van der Waals surface area contributed by atoms with Gasteiger partial charge in [0, 0.05) is 15.4 Å². The van der Waals surface area contributed by atoms with Crippen LogP contribution in [-0.4, -0.2) is 5.91 Å². The number of hydrogen-bond donors (Lipinski definition) is 2. The molecule has 106 valence electrons. The van der Waals surface area contributed by atoms with E-state index in [1.807, 2.05) is 42.5 Å². The van der Waals surface area contributed by atoms with Crippen molar-refractivity contribution in [1.29, 1.82) is 0 Å². The van der Waals surface area contributed by atoms with Gasteiger partial charge in [0.15, 0.2) is 0 Å². The molecule has 0 spiro atoms. The predicted molar refractivity (Wildman–Crippen MR) is 88.6 cm³/mol. The number of nitrogen functional groups attached to an aromatic ring is 1. The minimum Gasteiger partial charge on any atom is -0.398 e. The Morgan fingerprint density at radius 2 is 1.86 bits per heavy atom. The lowest BCUT2D eigenvalue weighted by Gasteiger charge is -2.08. The highest BCUT2D eigenvalue weighted by molar-refractivity contribution is 7.11. The summed E-state index contributed by atoms with van der Waals surface area (Å²) in [6.07, 6.45) is 0. The third-order valence-corrected chi connectivity index (χ3v) is 4.38. The van der Waals surface area contributed by atoms with Crippen LogP contribution in [0.5, 0.6) is 0 Å². The summed E-state index contributed by atoms with van der Waals surface area (Å²) in [7, 11) is 0. The van der Waals surface area contributed by atoms with Gasteiger partial charge in [-0.05, 0) is 42.0 Å². The van der Waals surface area contributed by atoms with E-state index < -0.39 is 0 Å². The van der Waals surface area contributed by atoms with Crippen molar-refractivity contribution in [3.8, 4) is 0 Å². The monoisotopic (exact) mass is 296 g/mol. The highest BCUT2D eigenvalue weighted by Crippen LogP contribution is 2.22. The molecular weight excluding hydrogens is 280 g/mol. The molecule has 0 saturated carbocycles. The van der Waals surface area contributed by atoms with E-state index in [1.165, 1.54) is 4.88 Å². The van der Waals surface area contributed by atoms with E-state index >= 15 is 0 Å².